The number of hydrogen-bond donors (Lipinski definition) is 1. The molecule has 3 unspecified atom stereocenters. The fraction of sp³-hybridized carbons (Fsp3) is 0.467. The smallest absolute Gasteiger partial charge is 0.288 e. The molecule has 2 aliphatic carbocycles. The van der Waals surface area contributed by atoms with Crippen LogP contribution in [0.15, 0.2) is 41.3 Å². The summed E-state index contributed by atoms with van der Waals surface area (Å²) in [7, 11) is 0. The van der Waals surface area contributed by atoms with E-state index < -0.39 is 5.76 Å². The molecule has 0 spiro atoms. The van der Waals surface area contributed by atoms with E-state index in [-0.39, 0.29) is 0 Å². The van der Waals surface area contributed by atoms with Gasteiger partial charge in [0.2, 0.25) is 0 Å². The van der Waals surface area contributed by atoms with E-state index in [9.17, 15) is 8.78 Å². The lowest BCUT2D eigenvalue weighted by molar-refractivity contribution is 0.252. The van der Waals surface area contributed by atoms with Crippen LogP contribution in [0.1, 0.15) is 12.8 Å². The van der Waals surface area contributed by atoms with Crippen molar-refractivity contribution >= 4 is 17.4 Å². The van der Waals surface area contributed by atoms with Crippen LogP contribution in [-0.4, -0.2) is 12.3 Å². The van der Waals surface area contributed by atoms with Crippen LogP contribution >= 0.6 is 11.8 Å². The molecule has 4 heteroatoms. The van der Waals surface area contributed by atoms with Crippen molar-refractivity contribution in [1.82, 2.24) is 0 Å². The second-order valence-electron chi connectivity index (χ2n) is 5.32. The SMILES string of the molecule is FC(F)Sc1ccc(NCC2CC3C=CC2C3)cc1. The van der Waals surface area contributed by atoms with Crippen LogP contribution in [0.3, 0.4) is 0 Å². The number of allylic oxidation sites excluding steroid dienone is 2. The minimum absolute atomic E-state index is 0.590. The van der Waals surface area contributed by atoms with E-state index in [0.29, 0.717) is 16.7 Å². The number of rotatable bonds is 5. The molecule has 3 rings (SSSR count). The van der Waals surface area contributed by atoms with E-state index in [1.165, 1.54) is 12.8 Å². The topological polar surface area (TPSA) is 12.0 Å². The molecule has 1 N–H and O–H groups in total. The first-order chi connectivity index (χ1) is 9.20. The van der Waals surface area contributed by atoms with Crippen LogP contribution in [0, 0.1) is 17.8 Å². The summed E-state index contributed by atoms with van der Waals surface area (Å²) in [5.74, 6) is -0.0856. The summed E-state index contributed by atoms with van der Waals surface area (Å²) in [4.78, 5) is 0.614. The summed E-state index contributed by atoms with van der Waals surface area (Å²) in [5.41, 5.74) is 1.02. The fourth-order valence-electron chi connectivity index (χ4n) is 3.13. The summed E-state index contributed by atoms with van der Waals surface area (Å²) < 4.78 is 24.4. The van der Waals surface area contributed by atoms with Gasteiger partial charge >= 0.3 is 0 Å². The van der Waals surface area contributed by atoms with Crippen molar-refractivity contribution in [1.29, 1.82) is 0 Å². The number of alkyl halides is 2. The first-order valence-corrected chi connectivity index (χ1v) is 7.56. The van der Waals surface area contributed by atoms with Gasteiger partial charge < -0.3 is 5.32 Å². The monoisotopic (exact) mass is 281 g/mol. The van der Waals surface area contributed by atoms with Gasteiger partial charge in [0.1, 0.15) is 0 Å². The van der Waals surface area contributed by atoms with Crippen molar-refractivity contribution in [3.05, 3.63) is 36.4 Å². The van der Waals surface area contributed by atoms with Gasteiger partial charge in [0.05, 0.1) is 0 Å². The van der Waals surface area contributed by atoms with Crippen LogP contribution in [0.4, 0.5) is 14.5 Å². The summed E-state index contributed by atoms with van der Waals surface area (Å²) in [5, 5.41) is 3.42. The summed E-state index contributed by atoms with van der Waals surface area (Å²) in [6.45, 7) is 0.979. The van der Waals surface area contributed by atoms with Gasteiger partial charge in [-0.1, -0.05) is 23.9 Å². The van der Waals surface area contributed by atoms with Crippen molar-refractivity contribution in [3.8, 4) is 0 Å². The molecular formula is C15H17F2NS. The maximum atomic E-state index is 12.2. The molecule has 0 heterocycles. The number of thioether (sulfide) groups is 1. The highest BCUT2D eigenvalue weighted by molar-refractivity contribution is 7.99. The van der Waals surface area contributed by atoms with Crippen LogP contribution in [0.25, 0.3) is 0 Å². The van der Waals surface area contributed by atoms with Gasteiger partial charge in [-0.25, -0.2) is 0 Å². The molecule has 1 fully saturated rings. The van der Waals surface area contributed by atoms with E-state index >= 15 is 0 Å². The molecule has 1 nitrogen and oxygen atoms in total. The quantitative estimate of drug-likeness (QED) is 0.624. The lowest BCUT2D eigenvalue weighted by atomic mass is 9.93. The molecule has 0 radical (unpaired) electrons. The van der Waals surface area contributed by atoms with Crippen molar-refractivity contribution < 1.29 is 8.78 Å². The largest absolute Gasteiger partial charge is 0.385 e. The number of benzene rings is 1. The second kappa shape index (κ2) is 5.53. The lowest BCUT2D eigenvalue weighted by Crippen LogP contribution is -2.18. The molecule has 0 saturated heterocycles. The normalized spacial score (nSPS) is 28.3. The van der Waals surface area contributed by atoms with E-state index in [1.807, 2.05) is 12.1 Å². The molecule has 2 aliphatic rings. The van der Waals surface area contributed by atoms with Crippen molar-refractivity contribution in [3.63, 3.8) is 0 Å². The van der Waals surface area contributed by atoms with E-state index in [2.05, 4.69) is 17.5 Å². The molecule has 1 aromatic rings. The highest BCUT2D eigenvalue weighted by Gasteiger charge is 2.35. The van der Waals surface area contributed by atoms with Gasteiger partial charge in [0, 0.05) is 17.1 Å². The first kappa shape index (κ1) is 13.0. The Morgan fingerprint density at radius 1 is 1.16 bits per heavy atom. The fourth-order valence-corrected chi connectivity index (χ4v) is 3.63. The Morgan fingerprint density at radius 3 is 2.53 bits per heavy atom. The molecule has 1 aromatic carbocycles. The minimum Gasteiger partial charge on any atom is -0.385 e. The van der Waals surface area contributed by atoms with E-state index in [4.69, 9.17) is 0 Å². The summed E-state index contributed by atoms with van der Waals surface area (Å²) >= 11 is 0.590. The molecular weight excluding hydrogens is 264 g/mol. The Balaban J connectivity index is 1.51. The van der Waals surface area contributed by atoms with Gasteiger partial charge in [-0.3, -0.25) is 0 Å². The molecule has 2 bridgehead atoms. The summed E-state index contributed by atoms with van der Waals surface area (Å²) in [6.07, 6.45) is 7.30. The van der Waals surface area contributed by atoms with Gasteiger partial charge in [-0.2, -0.15) is 8.78 Å². The number of fused-ring (bicyclic) bond motifs is 2. The lowest BCUT2D eigenvalue weighted by Gasteiger charge is -2.19. The van der Waals surface area contributed by atoms with Gasteiger partial charge in [-0.05, 0) is 54.9 Å². The highest BCUT2D eigenvalue weighted by Crippen LogP contribution is 2.43. The molecule has 0 aliphatic heterocycles. The zero-order valence-electron chi connectivity index (χ0n) is 10.6. The van der Waals surface area contributed by atoms with Crippen molar-refractivity contribution in [2.75, 3.05) is 11.9 Å². The minimum atomic E-state index is -2.35. The standard InChI is InChI=1S/C15H17F2NS/c16-15(17)19-14-5-3-13(4-6-14)18-9-12-8-10-1-2-11(12)7-10/h1-6,10-12,15,18H,7-9H2. The zero-order valence-corrected chi connectivity index (χ0v) is 11.4. The zero-order chi connectivity index (χ0) is 13.2. The maximum Gasteiger partial charge on any atom is 0.288 e. The molecule has 19 heavy (non-hydrogen) atoms. The van der Waals surface area contributed by atoms with E-state index in [1.54, 1.807) is 12.1 Å². The molecule has 1 saturated carbocycles. The Kier molecular flexibility index (Phi) is 3.78. The Morgan fingerprint density at radius 2 is 1.95 bits per heavy atom. The predicted molar refractivity (Wildman–Crippen MR) is 75.6 cm³/mol. The third-order valence-electron chi connectivity index (χ3n) is 4.06. The van der Waals surface area contributed by atoms with Crippen LogP contribution in [0.2, 0.25) is 0 Å². The molecule has 102 valence electrons. The van der Waals surface area contributed by atoms with Crippen molar-refractivity contribution in [2.24, 2.45) is 17.8 Å². The second-order valence-corrected chi connectivity index (χ2v) is 6.39. The maximum absolute atomic E-state index is 12.2. The Labute approximate surface area is 116 Å². The van der Waals surface area contributed by atoms with Crippen LogP contribution in [0.5, 0.6) is 0 Å². The third-order valence-corrected chi connectivity index (χ3v) is 4.79. The van der Waals surface area contributed by atoms with E-state index in [0.717, 1.165) is 30.0 Å². The molecule has 0 amide bonds. The predicted octanol–water partition coefficient (Wildman–Crippen LogP) is 4.63. The van der Waals surface area contributed by atoms with Crippen LogP contribution in [-0.2, 0) is 0 Å². The summed E-state index contributed by atoms with van der Waals surface area (Å²) in [6, 6.07) is 7.27. The Bertz CT molecular complexity index is 458. The van der Waals surface area contributed by atoms with Crippen LogP contribution < -0.4 is 5.32 Å². The highest BCUT2D eigenvalue weighted by atomic mass is 32.2. The van der Waals surface area contributed by atoms with Gasteiger partial charge in [-0.15, -0.1) is 0 Å². The molecule has 0 aromatic heterocycles. The number of anilines is 1. The third kappa shape index (κ3) is 3.11. The Hall–Kier alpha value is -1.03. The first-order valence-electron chi connectivity index (χ1n) is 6.68. The van der Waals surface area contributed by atoms with Gasteiger partial charge in [0.15, 0.2) is 0 Å². The number of nitrogens with one attached hydrogen (secondary N) is 1. The average Bonchev–Trinajstić information content (AvgIpc) is 2.99. The van der Waals surface area contributed by atoms with Crippen molar-refractivity contribution in [2.45, 2.75) is 23.5 Å². The van der Waals surface area contributed by atoms with Gasteiger partial charge in [0.25, 0.3) is 5.76 Å². The number of halogens is 2. The molecule has 3 atom stereocenters. The number of hydrogen-bond acceptors (Lipinski definition) is 2. The average molecular weight is 281 g/mol.